The van der Waals surface area contributed by atoms with Crippen molar-refractivity contribution in [3.05, 3.63) is 11.6 Å². The predicted octanol–water partition coefficient (Wildman–Crippen LogP) is 7.98. The number of fused-ring (bicyclic) bond motifs is 5. The fourth-order valence-corrected chi connectivity index (χ4v) is 8.79. The van der Waals surface area contributed by atoms with Crippen molar-refractivity contribution < 1.29 is 19.4 Å². The monoisotopic (exact) mass is 549 g/mol. The van der Waals surface area contributed by atoms with Crippen molar-refractivity contribution in [2.45, 2.75) is 125 Å². The molecule has 5 heteroatoms. The van der Waals surface area contributed by atoms with Crippen LogP contribution in [0.15, 0.2) is 11.6 Å². The molecule has 0 bridgehead atoms. The minimum absolute atomic E-state index is 0.239. The highest BCUT2D eigenvalue weighted by molar-refractivity contribution is 5.32. The van der Waals surface area contributed by atoms with Gasteiger partial charge in [-0.15, -0.1) is 0 Å². The fourth-order valence-electron chi connectivity index (χ4n) is 8.79. The SMILES string of the molecule is CNC(COC1CC[C@]2(C)C3=CCC4CC(CC(C)C)CCC4(C)C3CCC2C1)C(C)(C)C.COC.O=CO. The lowest BCUT2D eigenvalue weighted by Crippen LogP contribution is -2.52. The Labute approximate surface area is 241 Å². The molecule has 0 heterocycles. The number of ether oxygens (including phenoxy) is 2. The second-order valence-electron chi connectivity index (χ2n) is 15.1. The number of hydrogen-bond acceptors (Lipinski definition) is 4. The average molecular weight is 550 g/mol. The van der Waals surface area contributed by atoms with Gasteiger partial charge in [0.2, 0.25) is 0 Å². The summed E-state index contributed by atoms with van der Waals surface area (Å²) in [6.07, 6.45) is 17.2. The van der Waals surface area contributed by atoms with Gasteiger partial charge in [0.05, 0.1) is 12.7 Å². The summed E-state index contributed by atoms with van der Waals surface area (Å²) in [6.45, 7) is 17.7. The molecule has 0 spiro atoms. The maximum Gasteiger partial charge on any atom is 0.290 e. The van der Waals surface area contributed by atoms with E-state index in [2.05, 4.69) is 71.6 Å². The normalized spacial score (nSPS) is 36.5. The second-order valence-corrected chi connectivity index (χ2v) is 15.1. The minimum atomic E-state index is -0.250. The number of hydrogen-bond donors (Lipinski definition) is 2. The van der Waals surface area contributed by atoms with Crippen LogP contribution in [-0.2, 0) is 14.3 Å². The van der Waals surface area contributed by atoms with Crippen molar-refractivity contribution in [3.8, 4) is 0 Å². The number of rotatable bonds is 6. The highest BCUT2D eigenvalue weighted by Crippen LogP contribution is 2.65. The second kappa shape index (κ2) is 14.8. The van der Waals surface area contributed by atoms with Gasteiger partial charge in [-0.1, -0.05) is 60.1 Å². The highest BCUT2D eigenvalue weighted by atomic mass is 16.5. The molecule has 8 atom stereocenters. The van der Waals surface area contributed by atoms with Crippen LogP contribution in [-0.4, -0.2) is 51.6 Å². The van der Waals surface area contributed by atoms with E-state index in [-0.39, 0.29) is 11.9 Å². The van der Waals surface area contributed by atoms with E-state index in [0.717, 1.165) is 36.2 Å². The summed E-state index contributed by atoms with van der Waals surface area (Å²) in [5.74, 6) is 4.43. The molecule has 4 rings (SSSR count). The van der Waals surface area contributed by atoms with E-state index in [1.54, 1.807) is 14.2 Å². The van der Waals surface area contributed by atoms with E-state index in [1.807, 2.05) is 5.57 Å². The number of carboxylic acid groups (broad SMARTS) is 1. The molecule has 5 nitrogen and oxygen atoms in total. The Morgan fingerprint density at radius 3 is 2.28 bits per heavy atom. The average Bonchev–Trinajstić information content (AvgIpc) is 2.84. The van der Waals surface area contributed by atoms with Gasteiger partial charge in [-0.3, -0.25) is 4.79 Å². The summed E-state index contributed by atoms with van der Waals surface area (Å²) in [6, 6.07) is 0.422. The van der Waals surface area contributed by atoms with E-state index < -0.39 is 0 Å². The molecule has 0 saturated heterocycles. The van der Waals surface area contributed by atoms with E-state index >= 15 is 0 Å². The molecule has 0 amide bonds. The lowest BCUT2D eigenvalue weighted by atomic mass is 9.45. The summed E-state index contributed by atoms with van der Waals surface area (Å²) >= 11 is 0. The first kappa shape index (κ1) is 34.3. The summed E-state index contributed by atoms with van der Waals surface area (Å²) in [5, 5.41) is 10.4. The predicted molar refractivity (Wildman–Crippen MR) is 163 cm³/mol. The molecule has 228 valence electrons. The van der Waals surface area contributed by atoms with Crippen LogP contribution in [0.1, 0.15) is 113 Å². The first-order valence-corrected chi connectivity index (χ1v) is 15.8. The van der Waals surface area contributed by atoms with Crippen molar-refractivity contribution in [1.82, 2.24) is 5.32 Å². The molecule has 4 aliphatic carbocycles. The van der Waals surface area contributed by atoms with Gasteiger partial charge in [-0.05, 0) is 117 Å². The largest absolute Gasteiger partial charge is 0.483 e. The molecule has 0 aromatic carbocycles. The quantitative estimate of drug-likeness (QED) is 0.260. The number of allylic oxidation sites excluding steroid dienone is 2. The van der Waals surface area contributed by atoms with Crippen molar-refractivity contribution in [1.29, 1.82) is 0 Å². The van der Waals surface area contributed by atoms with Gasteiger partial charge in [0.1, 0.15) is 0 Å². The number of nitrogens with one attached hydrogen (secondary N) is 1. The third-order valence-electron chi connectivity index (χ3n) is 11.0. The Morgan fingerprint density at radius 1 is 1.08 bits per heavy atom. The maximum atomic E-state index is 8.36. The summed E-state index contributed by atoms with van der Waals surface area (Å²) in [7, 11) is 5.33. The topological polar surface area (TPSA) is 67.8 Å². The van der Waals surface area contributed by atoms with Crippen molar-refractivity contribution in [2.24, 2.45) is 45.8 Å². The van der Waals surface area contributed by atoms with Gasteiger partial charge < -0.3 is 19.9 Å². The Hall–Kier alpha value is -0.910. The lowest BCUT2D eigenvalue weighted by molar-refractivity contribution is -0.122. The standard InChI is InChI=1S/C31H55NO.C2H6O.CH2O2/c1-21(2)17-22-13-15-30(6)23(18-22)9-11-27-26(30)12-10-24-19-25(14-16-31(24,27)7)33-20-28(32-8)29(3,4)5;1-3-2;2-1-3/h11,21-26,28,32H,9-10,12-20H2,1-8H3;1-2H3;1H,(H,2,3)/t22?,23?,24?,25?,26?,28?,30?,31-;;/m0../s1. The van der Waals surface area contributed by atoms with Crippen LogP contribution in [0.2, 0.25) is 0 Å². The highest BCUT2D eigenvalue weighted by Gasteiger charge is 2.56. The smallest absolute Gasteiger partial charge is 0.290 e. The van der Waals surface area contributed by atoms with Crippen molar-refractivity contribution in [2.75, 3.05) is 27.9 Å². The third-order valence-corrected chi connectivity index (χ3v) is 11.0. The van der Waals surface area contributed by atoms with Crippen LogP contribution in [0.5, 0.6) is 0 Å². The molecule has 3 fully saturated rings. The molecule has 0 radical (unpaired) electrons. The van der Waals surface area contributed by atoms with E-state index in [9.17, 15) is 0 Å². The number of carbonyl (C=O) groups is 1. The van der Waals surface area contributed by atoms with E-state index in [0.29, 0.717) is 23.0 Å². The third kappa shape index (κ3) is 8.32. The van der Waals surface area contributed by atoms with Gasteiger partial charge in [-0.25, -0.2) is 0 Å². The fraction of sp³-hybridized carbons (Fsp3) is 0.912. The lowest BCUT2D eigenvalue weighted by Gasteiger charge is -2.60. The van der Waals surface area contributed by atoms with Crippen LogP contribution in [0.3, 0.4) is 0 Å². The Balaban J connectivity index is 0.000000815. The van der Waals surface area contributed by atoms with Crippen molar-refractivity contribution >= 4 is 6.47 Å². The van der Waals surface area contributed by atoms with Crippen LogP contribution < -0.4 is 5.32 Å². The molecule has 7 unspecified atom stereocenters. The molecule has 39 heavy (non-hydrogen) atoms. The zero-order chi connectivity index (χ0) is 29.4. The molecule has 4 aliphatic rings. The molecule has 0 aromatic rings. The van der Waals surface area contributed by atoms with Gasteiger partial charge >= 0.3 is 0 Å². The Kier molecular flexibility index (Phi) is 13.0. The zero-order valence-electron chi connectivity index (χ0n) is 27.1. The zero-order valence-corrected chi connectivity index (χ0v) is 27.1. The molecule has 2 N–H and O–H groups in total. The molecular formula is C34H63NO4. The van der Waals surface area contributed by atoms with Crippen LogP contribution in [0, 0.1) is 45.8 Å². The Morgan fingerprint density at radius 2 is 1.72 bits per heavy atom. The minimum Gasteiger partial charge on any atom is -0.483 e. The van der Waals surface area contributed by atoms with Crippen molar-refractivity contribution in [3.63, 3.8) is 0 Å². The first-order chi connectivity index (χ1) is 18.3. The molecule has 3 saturated carbocycles. The summed E-state index contributed by atoms with van der Waals surface area (Å²) in [5.41, 5.74) is 3.12. The summed E-state index contributed by atoms with van der Waals surface area (Å²) < 4.78 is 10.8. The van der Waals surface area contributed by atoms with Crippen LogP contribution in [0.25, 0.3) is 0 Å². The number of methoxy groups -OCH3 is 1. The number of likely N-dealkylation sites (N-methyl/N-ethyl adjacent to an activating group) is 1. The Bertz CT molecular complexity index is 774. The maximum absolute atomic E-state index is 8.36. The van der Waals surface area contributed by atoms with Gasteiger partial charge in [0.25, 0.3) is 6.47 Å². The van der Waals surface area contributed by atoms with Gasteiger partial charge in [0, 0.05) is 20.3 Å². The van der Waals surface area contributed by atoms with Gasteiger partial charge in [0.15, 0.2) is 0 Å². The van der Waals surface area contributed by atoms with E-state index in [4.69, 9.17) is 14.6 Å². The molecule has 0 aliphatic heterocycles. The first-order valence-electron chi connectivity index (χ1n) is 15.8. The molecular weight excluding hydrogens is 486 g/mol. The van der Waals surface area contributed by atoms with Crippen LogP contribution >= 0.6 is 0 Å². The van der Waals surface area contributed by atoms with Crippen LogP contribution in [0.4, 0.5) is 0 Å². The van der Waals surface area contributed by atoms with E-state index in [1.165, 1.54) is 64.2 Å². The van der Waals surface area contributed by atoms with Gasteiger partial charge in [-0.2, -0.15) is 0 Å². The summed E-state index contributed by atoms with van der Waals surface area (Å²) in [4.78, 5) is 8.36. The molecule has 0 aromatic heterocycles.